The van der Waals surface area contributed by atoms with Gasteiger partial charge in [0.15, 0.2) is 0 Å². The predicted octanol–water partition coefficient (Wildman–Crippen LogP) is 4.81. The SMILES string of the molecule is Cc1ccc(S(=O)(=O)N(CC(=O)NCc2ccccc2)c2ccc(Cl)c(Cl)c2)cc1. The lowest BCUT2D eigenvalue weighted by Gasteiger charge is -2.24. The summed E-state index contributed by atoms with van der Waals surface area (Å²) in [6.07, 6.45) is 0. The quantitative estimate of drug-likeness (QED) is 0.547. The van der Waals surface area contributed by atoms with Gasteiger partial charge >= 0.3 is 0 Å². The molecule has 1 amide bonds. The Morgan fingerprint density at radius 2 is 1.60 bits per heavy atom. The van der Waals surface area contributed by atoms with Crippen LogP contribution >= 0.6 is 23.2 Å². The highest BCUT2D eigenvalue weighted by Crippen LogP contribution is 2.30. The minimum atomic E-state index is -4.01. The van der Waals surface area contributed by atoms with Crippen LogP contribution in [-0.2, 0) is 21.4 Å². The second-order valence-corrected chi connectivity index (χ2v) is 9.36. The van der Waals surface area contributed by atoms with Gasteiger partial charge in [-0.25, -0.2) is 8.42 Å². The number of halogens is 2. The fraction of sp³-hybridized carbons (Fsp3) is 0.136. The molecule has 0 fully saturated rings. The largest absolute Gasteiger partial charge is 0.350 e. The average Bonchev–Trinajstić information content (AvgIpc) is 2.73. The maximum Gasteiger partial charge on any atom is 0.264 e. The lowest BCUT2D eigenvalue weighted by atomic mass is 10.2. The Bertz CT molecular complexity index is 1130. The predicted molar refractivity (Wildman–Crippen MR) is 120 cm³/mol. The zero-order valence-electron chi connectivity index (χ0n) is 16.2. The van der Waals surface area contributed by atoms with Gasteiger partial charge < -0.3 is 5.32 Å². The van der Waals surface area contributed by atoms with Crippen molar-refractivity contribution in [3.05, 3.63) is 94.0 Å². The Labute approximate surface area is 186 Å². The molecule has 0 heterocycles. The summed E-state index contributed by atoms with van der Waals surface area (Å²) >= 11 is 12.1. The van der Waals surface area contributed by atoms with Crippen molar-refractivity contribution < 1.29 is 13.2 Å². The van der Waals surface area contributed by atoms with Crippen molar-refractivity contribution in [2.75, 3.05) is 10.8 Å². The van der Waals surface area contributed by atoms with Crippen LogP contribution in [0.15, 0.2) is 77.7 Å². The molecule has 0 saturated carbocycles. The third kappa shape index (κ3) is 5.33. The minimum Gasteiger partial charge on any atom is -0.350 e. The van der Waals surface area contributed by atoms with E-state index in [1.165, 1.54) is 30.3 Å². The number of hydrogen-bond acceptors (Lipinski definition) is 3. The molecule has 156 valence electrons. The van der Waals surface area contributed by atoms with Crippen molar-refractivity contribution in [3.8, 4) is 0 Å². The molecule has 0 atom stereocenters. The van der Waals surface area contributed by atoms with Crippen LogP contribution in [0.1, 0.15) is 11.1 Å². The average molecular weight is 463 g/mol. The van der Waals surface area contributed by atoms with Gasteiger partial charge in [0.25, 0.3) is 10.0 Å². The van der Waals surface area contributed by atoms with E-state index in [2.05, 4.69) is 5.32 Å². The van der Waals surface area contributed by atoms with E-state index >= 15 is 0 Å². The molecule has 5 nitrogen and oxygen atoms in total. The van der Waals surface area contributed by atoms with Gasteiger partial charge in [-0.05, 0) is 42.8 Å². The molecule has 1 N–H and O–H groups in total. The van der Waals surface area contributed by atoms with Gasteiger partial charge in [-0.3, -0.25) is 9.10 Å². The van der Waals surface area contributed by atoms with Crippen LogP contribution in [0.4, 0.5) is 5.69 Å². The smallest absolute Gasteiger partial charge is 0.264 e. The molecule has 0 radical (unpaired) electrons. The van der Waals surface area contributed by atoms with Crippen LogP contribution < -0.4 is 9.62 Å². The van der Waals surface area contributed by atoms with E-state index in [0.29, 0.717) is 11.6 Å². The highest BCUT2D eigenvalue weighted by molar-refractivity contribution is 7.92. The topological polar surface area (TPSA) is 66.5 Å². The first-order valence-electron chi connectivity index (χ1n) is 9.12. The summed E-state index contributed by atoms with van der Waals surface area (Å²) < 4.78 is 27.7. The molecule has 0 aliphatic heterocycles. The molecule has 0 spiro atoms. The fourth-order valence-corrected chi connectivity index (χ4v) is 4.48. The van der Waals surface area contributed by atoms with Gasteiger partial charge in [-0.15, -0.1) is 0 Å². The molecule has 0 unspecified atom stereocenters. The summed E-state index contributed by atoms with van der Waals surface area (Å²) in [5.74, 6) is -0.444. The molecule has 8 heteroatoms. The Balaban J connectivity index is 1.90. The van der Waals surface area contributed by atoms with E-state index in [-0.39, 0.29) is 15.6 Å². The van der Waals surface area contributed by atoms with Gasteiger partial charge in [0, 0.05) is 6.54 Å². The molecule has 0 aliphatic rings. The highest BCUT2D eigenvalue weighted by Gasteiger charge is 2.27. The molecule has 0 saturated heterocycles. The number of benzene rings is 3. The van der Waals surface area contributed by atoms with E-state index in [1.54, 1.807) is 12.1 Å². The maximum absolute atomic E-state index is 13.3. The molecular formula is C22H20Cl2N2O3S. The molecule has 3 aromatic rings. The van der Waals surface area contributed by atoms with Crippen LogP contribution in [0.5, 0.6) is 0 Å². The van der Waals surface area contributed by atoms with E-state index in [1.807, 2.05) is 37.3 Å². The second kappa shape index (κ2) is 9.51. The molecule has 0 bridgehead atoms. The van der Waals surface area contributed by atoms with E-state index in [4.69, 9.17) is 23.2 Å². The van der Waals surface area contributed by atoms with Crippen LogP contribution in [0.25, 0.3) is 0 Å². The van der Waals surface area contributed by atoms with Gasteiger partial charge in [-0.2, -0.15) is 0 Å². The van der Waals surface area contributed by atoms with Gasteiger partial charge in [0.05, 0.1) is 20.6 Å². The van der Waals surface area contributed by atoms with Crippen LogP contribution in [0, 0.1) is 6.92 Å². The first kappa shape index (κ1) is 22.2. The first-order valence-corrected chi connectivity index (χ1v) is 11.3. The molecule has 0 aliphatic carbocycles. The molecule has 30 heavy (non-hydrogen) atoms. The minimum absolute atomic E-state index is 0.0787. The van der Waals surface area contributed by atoms with Gasteiger partial charge in [-0.1, -0.05) is 71.2 Å². The Kier molecular flexibility index (Phi) is 7.02. The van der Waals surface area contributed by atoms with Crippen LogP contribution in [-0.4, -0.2) is 20.9 Å². The van der Waals surface area contributed by atoms with Crippen LogP contribution in [0.2, 0.25) is 10.0 Å². The second-order valence-electron chi connectivity index (χ2n) is 6.69. The summed E-state index contributed by atoms with van der Waals surface area (Å²) in [5, 5.41) is 3.24. The van der Waals surface area contributed by atoms with Crippen LogP contribution in [0.3, 0.4) is 0 Å². The van der Waals surface area contributed by atoms with Crippen molar-refractivity contribution >= 4 is 44.8 Å². The first-order chi connectivity index (χ1) is 14.3. The Morgan fingerprint density at radius 1 is 0.933 bits per heavy atom. The number of nitrogens with one attached hydrogen (secondary N) is 1. The summed E-state index contributed by atoms with van der Waals surface area (Å²) in [6, 6.07) is 20.2. The highest BCUT2D eigenvalue weighted by atomic mass is 35.5. The number of carbonyl (C=O) groups excluding carboxylic acids is 1. The van der Waals surface area contributed by atoms with E-state index < -0.39 is 22.5 Å². The maximum atomic E-state index is 13.3. The summed E-state index contributed by atoms with van der Waals surface area (Å²) in [7, 11) is -4.01. The zero-order chi connectivity index (χ0) is 21.7. The Morgan fingerprint density at radius 3 is 2.23 bits per heavy atom. The van der Waals surface area contributed by atoms with Gasteiger partial charge in [0.1, 0.15) is 6.54 Å². The number of anilines is 1. The standard InChI is InChI=1S/C22H20Cl2N2O3S/c1-16-7-10-19(11-8-16)30(28,29)26(18-9-12-20(23)21(24)13-18)15-22(27)25-14-17-5-3-2-4-6-17/h2-13H,14-15H2,1H3,(H,25,27). The number of carbonyl (C=O) groups is 1. The summed E-state index contributed by atoms with van der Waals surface area (Å²) in [4.78, 5) is 12.7. The number of rotatable bonds is 7. The third-order valence-corrected chi connectivity index (χ3v) is 6.95. The summed E-state index contributed by atoms with van der Waals surface area (Å²) in [5.41, 5.74) is 2.09. The third-order valence-electron chi connectivity index (χ3n) is 4.42. The molecule has 3 rings (SSSR count). The number of nitrogens with zero attached hydrogens (tertiary/aromatic N) is 1. The fourth-order valence-electron chi connectivity index (χ4n) is 2.78. The van der Waals surface area contributed by atoms with E-state index in [0.717, 1.165) is 15.4 Å². The van der Waals surface area contributed by atoms with Crippen molar-refractivity contribution in [1.82, 2.24) is 5.32 Å². The van der Waals surface area contributed by atoms with Crippen molar-refractivity contribution in [3.63, 3.8) is 0 Å². The Hall–Kier alpha value is -2.54. The zero-order valence-corrected chi connectivity index (χ0v) is 18.5. The number of hydrogen-bond donors (Lipinski definition) is 1. The van der Waals surface area contributed by atoms with Crippen molar-refractivity contribution in [1.29, 1.82) is 0 Å². The normalized spacial score (nSPS) is 11.2. The molecule has 3 aromatic carbocycles. The number of amides is 1. The molecule has 0 aromatic heterocycles. The molecular weight excluding hydrogens is 443 g/mol. The number of aryl methyl sites for hydroxylation is 1. The van der Waals surface area contributed by atoms with Gasteiger partial charge in [0.2, 0.25) is 5.91 Å². The van der Waals surface area contributed by atoms with Crippen molar-refractivity contribution in [2.45, 2.75) is 18.4 Å². The lowest BCUT2D eigenvalue weighted by Crippen LogP contribution is -2.40. The van der Waals surface area contributed by atoms with Crippen molar-refractivity contribution in [2.24, 2.45) is 0 Å². The monoisotopic (exact) mass is 462 g/mol. The van der Waals surface area contributed by atoms with E-state index in [9.17, 15) is 13.2 Å². The number of sulfonamides is 1. The lowest BCUT2D eigenvalue weighted by molar-refractivity contribution is -0.119. The summed E-state index contributed by atoms with van der Waals surface area (Å²) in [6.45, 7) is 1.75.